The van der Waals surface area contributed by atoms with Crippen LogP contribution in [0.25, 0.3) is 0 Å². The second-order valence-corrected chi connectivity index (χ2v) is 4.29. The summed E-state index contributed by atoms with van der Waals surface area (Å²) in [5, 5.41) is 9.22. The fraction of sp³-hybridized carbons (Fsp3) is 0.462. The van der Waals surface area contributed by atoms with E-state index in [1.807, 2.05) is 0 Å². The fourth-order valence-electron chi connectivity index (χ4n) is 1.62. The molecule has 1 amide bonds. The van der Waals surface area contributed by atoms with Crippen molar-refractivity contribution in [3.63, 3.8) is 0 Å². The average molecular weight is 252 g/mol. The van der Waals surface area contributed by atoms with Crippen molar-refractivity contribution in [3.8, 4) is 5.75 Å². The van der Waals surface area contributed by atoms with Crippen LogP contribution in [-0.2, 0) is 0 Å². The molecule has 0 fully saturated rings. The Morgan fingerprint density at radius 2 is 2.22 bits per heavy atom. The number of carbonyl (C=O) groups excluding carboxylic acids is 1. The Kier molecular flexibility index (Phi) is 4.97. The maximum atomic E-state index is 12.2. The Labute approximate surface area is 107 Å². The first-order valence-electron chi connectivity index (χ1n) is 5.83. The zero-order chi connectivity index (χ0) is 13.7. The number of hydrogen-bond acceptors (Lipinski definition) is 4. The highest BCUT2D eigenvalue weighted by molar-refractivity contribution is 6.01. The van der Waals surface area contributed by atoms with Gasteiger partial charge in [0.15, 0.2) is 0 Å². The number of anilines is 1. The topological polar surface area (TPSA) is 75.8 Å². The summed E-state index contributed by atoms with van der Waals surface area (Å²) >= 11 is 0. The number of ether oxygens (including phenoxy) is 1. The number of benzene rings is 1. The first-order chi connectivity index (χ1) is 8.47. The number of carbonyl (C=O) groups is 1. The molecule has 0 saturated heterocycles. The van der Waals surface area contributed by atoms with Crippen molar-refractivity contribution in [3.05, 3.63) is 23.8 Å². The van der Waals surface area contributed by atoms with Crippen LogP contribution < -0.4 is 10.5 Å². The van der Waals surface area contributed by atoms with Crippen molar-refractivity contribution in [2.75, 3.05) is 26.4 Å². The highest BCUT2D eigenvalue weighted by Gasteiger charge is 2.19. The van der Waals surface area contributed by atoms with Crippen molar-refractivity contribution < 1.29 is 14.6 Å². The van der Waals surface area contributed by atoms with Crippen molar-refractivity contribution in [2.24, 2.45) is 0 Å². The van der Waals surface area contributed by atoms with E-state index in [2.05, 4.69) is 0 Å². The first-order valence-corrected chi connectivity index (χ1v) is 5.83. The highest BCUT2D eigenvalue weighted by atomic mass is 16.5. The summed E-state index contributed by atoms with van der Waals surface area (Å²) in [7, 11) is 3.18. The van der Waals surface area contributed by atoms with Crippen molar-refractivity contribution in [1.82, 2.24) is 4.90 Å². The molecule has 1 aromatic rings. The van der Waals surface area contributed by atoms with E-state index in [1.165, 1.54) is 12.0 Å². The minimum atomic E-state index is -0.435. The maximum absolute atomic E-state index is 12.2. The van der Waals surface area contributed by atoms with Crippen LogP contribution in [0.1, 0.15) is 23.7 Å². The molecule has 0 spiro atoms. The summed E-state index contributed by atoms with van der Waals surface area (Å²) in [5.41, 5.74) is 6.58. The number of aliphatic hydroxyl groups excluding tert-OH is 1. The van der Waals surface area contributed by atoms with Gasteiger partial charge in [-0.1, -0.05) is 6.07 Å². The number of nitrogen functional groups attached to an aromatic ring is 1. The lowest BCUT2D eigenvalue weighted by atomic mass is 10.1. The van der Waals surface area contributed by atoms with E-state index < -0.39 is 6.10 Å². The number of amides is 1. The standard InChI is InChI=1S/C13H20N2O3/c1-9(16)7-8-15(2)13(17)12-10(14)5-4-6-11(12)18-3/h4-6,9,16H,7-8,14H2,1-3H3. The number of methoxy groups -OCH3 is 1. The molecule has 0 aliphatic heterocycles. The van der Waals surface area contributed by atoms with E-state index in [1.54, 1.807) is 32.2 Å². The number of aliphatic hydroxyl groups is 1. The van der Waals surface area contributed by atoms with Crippen molar-refractivity contribution >= 4 is 11.6 Å². The van der Waals surface area contributed by atoms with Gasteiger partial charge in [0.2, 0.25) is 0 Å². The van der Waals surface area contributed by atoms with Gasteiger partial charge < -0.3 is 20.5 Å². The number of rotatable bonds is 5. The van der Waals surface area contributed by atoms with Crippen LogP contribution in [-0.4, -0.2) is 42.7 Å². The van der Waals surface area contributed by atoms with Crippen molar-refractivity contribution in [1.29, 1.82) is 0 Å². The summed E-state index contributed by atoms with van der Waals surface area (Å²) in [6, 6.07) is 5.10. The Morgan fingerprint density at radius 3 is 2.78 bits per heavy atom. The molecule has 0 aliphatic rings. The Balaban J connectivity index is 2.89. The minimum absolute atomic E-state index is 0.203. The van der Waals surface area contributed by atoms with Gasteiger partial charge in [0.1, 0.15) is 11.3 Å². The molecule has 0 saturated carbocycles. The average Bonchev–Trinajstić information content (AvgIpc) is 2.34. The van der Waals surface area contributed by atoms with Crippen LogP contribution in [0.15, 0.2) is 18.2 Å². The monoisotopic (exact) mass is 252 g/mol. The molecule has 5 heteroatoms. The van der Waals surface area contributed by atoms with E-state index in [-0.39, 0.29) is 5.91 Å². The molecule has 18 heavy (non-hydrogen) atoms. The van der Waals surface area contributed by atoms with Crippen LogP contribution in [0.2, 0.25) is 0 Å². The van der Waals surface area contributed by atoms with Crippen molar-refractivity contribution in [2.45, 2.75) is 19.4 Å². The third-order valence-electron chi connectivity index (χ3n) is 2.72. The quantitative estimate of drug-likeness (QED) is 0.770. The fourth-order valence-corrected chi connectivity index (χ4v) is 1.62. The molecule has 0 radical (unpaired) electrons. The van der Waals surface area contributed by atoms with Gasteiger partial charge in [0.25, 0.3) is 5.91 Å². The van der Waals surface area contributed by atoms with Gasteiger partial charge in [0.05, 0.1) is 13.2 Å². The third-order valence-corrected chi connectivity index (χ3v) is 2.72. The molecule has 0 bridgehead atoms. The van der Waals surface area contributed by atoms with Gasteiger partial charge in [-0.3, -0.25) is 4.79 Å². The Morgan fingerprint density at radius 1 is 1.56 bits per heavy atom. The summed E-state index contributed by atoms with van der Waals surface area (Å²) < 4.78 is 5.15. The van der Waals surface area contributed by atoms with E-state index in [0.717, 1.165) is 0 Å². The van der Waals surface area contributed by atoms with Crippen LogP contribution in [0.3, 0.4) is 0 Å². The van der Waals surface area contributed by atoms with Crippen LogP contribution in [0.5, 0.6) is 5.75 Å². The number of hydrogen-bond donors (Lipinski definition) is 2. The zero-order valence-corrected chi connectivity index (χ0v) is 11.0. The van der Waals surface area contributed by atoms with Crippen LogP contribution in [0, 0.1) is 0 Å². The molecule has 3 N–H and O–H groups in total. The zero-order valence-electron chi connectivity index (χ0n) is 11.0. The maximum Gasteiger partial charge on any atom is 0.259 e. The van der Waals surface area contributed by atoms with Crippen LogP contribution >= 0.6 is 0 Å². The lowest BCUT2D eigenvalue weighted by molar-refractivity contribution is 0.0767. The Hall–Kier alpha value is -1.75. The minimum Gasteiger partial charge on any atom is -0.496 e. The second-order valence-electron chi connectivity index (χ2n) is 4.29. The normalized spacial score (nSPS) is 12.0. The van der Waals surface area contributed by atoms with Gasteiger partial charge in [0, 0.05) is 19.3 Å². The molecule has 1 aromatic carbocycles. The van der Waals surface area contributed by atoms with Crippen LogP contribution in [0.4, 0.5) is 5.69 Å². The summed E-state index contributed by atoms with van der Waals surface area (Å²) in [4.78, 5) is 13.8. The lowest BCUT2D eigenvalue weighted by Gasteiger charge is -2.20. The molecule has 0 heterocycles. The molecular formula is C13H20N2O3. The van der Waals surface area contributed by atoms with Gasteiger partial charge in [-0.2, -0.15) is 0 Å². The van der Waals surface area contributed by atoms with Gasteiger partial charge in [-0.15, -0.1) is 0 Å². The first kappa shape index (κ1) is 14.3. The van der Waals surface area contributed by atoms with Gasteiger partial charge >= 0.3 is 0 Å². The van der Waals surface area contributed by atoms with Gasteiger partial charge in [-0.25, -0.2) is 0 Å². The molecule has 1 unspecified atom stereocenters. The molecule has 100 valence electrons. The largest absolute Gasteiger partial charge is 0.496 e. The van der Waals surface area contributed by atoms with E-state index in [0.29, 0.717) is 30.0 Å². The molecule has 1 atom stereocenters. The predicted molar refractivity (Wildman–Crippen MR) is 70.7 cm³/mol. The third kappa shape index (κ3) is 3.37. The molecule has 1 rings (SSSR count). The lowest BCUT2D eigenvalue weighted by Crippen LogP contribution is -2.30. The Bertz CT molecular complexity index is 419. The SMILES string of the molecule is COc1cccc(N)c1C(=O)N(C)CCC(C)O. The molecule has 0 aromatic heterocycles. The molecule has 5 nitrogen and oxygen atoms in total. The summed E-state index contributed by atoms with van der Waals surface area (Å²) in [6.45, 7) is 2.16. The second kappa shape index (κ2) is 6.26. The van der Waals surface area contributed by atoms with E-state index >= 15 is 0 Å². The summed E-state index contributed by atoms with van der Waals surface area (Å²) in [5.74, 6) is 0.259. The molecule has 0 aliphatic carbocycles. The predicted octanol–water partition coefficient (Wildman–Crippen LogP) is 1.12. The number of nitrogens with zero attached hydrogens (tertiary/aromatic N) is 1. The number of nitrogens with two attached hydrogens (primary N) is 1. The van der Waals surface area contributed by atoms with E-state index in [9.17, 15) is 9.90 Å². The highest BCUT2D eigenvalue weighted by Crippen LogP contribution is 2.25. The smallest absolute Gasteiger partial charge is 0.259 e. The molecular weight excluding hydrogens is 232 g/mol. The summed E-state index contributed by atoms with van der Waals surface area (Å²) in [6.07, 6.45) is 0.0902. The van der Waals surface area contributed by atoms with E-state index in [4.69, 9.17) is 10.5 Å². The van der Waals surface area contributed by atoms with Gasteiger partial charge in [-0.05, 0) is 25.5 Å².